The number of sulfonamides is 1. The molecule has 3 aromatic rings. The Kier molecular flexibility index (Phi) is 6.93. The first kappa shape index (κ1) is 24.5. The number of amides is 1. The molecule has 2 heterocycles. The Bertz CT molecular complexity index is 1390. The third-order valence-electron chi connectivity index (χ3n) is 5.70. The molecule has 4 rings (SSSR count). The number of ether oxygens (including phenoxy) is 1. The van der Waals surface area contributed by atoms with Crippen LogP contribution in [0.15, 0.2) is 47.4 Å². The standard InChI is InChI=1S/C25H28N4O5S/c1-4-8-19-24(25-26-22(30)13-14-23(31)29(25)27-19)17-12-11-16(3)21(15-17)35(32,33)28-18-9-6-7-10-20(18)34-5-2/h6-7,9-12,15,28H,4-5,8,13-14H2,1-3H3,(H,26,30). The fraction of sp³-hybridized carbons (Fsp3) is 0.320. The highest BCUT2D eigenvalue weighted by atomic mass is 32.2. The maximum Gasteiger partial charge on any atom is 0.262 e. The number of para-hydroxylation sites is 2. The Balaban J connectivity index is 1.82. The SMILES string of the molecule is CCCc1nn2c(c1-c1ccc(C)c(S(=O)(=O)Nc3ccccc3OCC)c1)NC(=O)CCC2=O. The fourth-order valence-corrected chi connectivity index (χ4v) is 5.41. The number of carbonyl (C=O) groups is 2. The van der Waals surface area contributed by atoms with Crippen LogP contribution in [0.2, 0.25) is 0 Å². The summed E-state index contributed by atoms with van der Waals surface area (Å²) in [6.45, 7) is 5.92. The smallest absolute Gasteiger partial charge is 0.262 e. The molecule has 1 aliphatic rings. The molecular formula is C25H28N4O5S. The molecule has 0 bridgehead atoms. The molecule has 2 N–H and O–H groups in total. The van der Waals surface area contributed by atoms with Crippen molar-refractivity contribution in [3.8, 4) is 16.9 Å². The molecule has 0 saturated carbocycles. The predicted molar refractivity (Wildman–Crippen MR) is 133 cm³/mol. The summed E-state index contributed by atoms with van der Waals surface area (Å²) in [6, 6.07) is 11.9. The van der Waals surface area contributed by atoms with Crippen LogP contribution in [0.4, 0.5) is 11.5 Å². The first-order chi connectivity index (χ1) is 16.7. The number of hydrogen-bond acceptors (Lipinski definition) is 6. The van der Waals surface area contributed by atoms with Gasteiger partial charge in [0.05, 0.1) is 22.9 Å². The Labute approximate surface area is 204 Å². The van der Waals surface area contributed by atoms with E-state index in [-0.39, 0.29) is 35.4 Å². The molecule has 0 aliphatic carbocycles. The summed E-state index contributed by atoms with van der Waals surface area (Å²) in [5, 5.41) is 7.27. The van der Waals surface area contributed by atoms with E-state index in [1.807, 2.05) is 13.8 Å². The third-order valence-corrected chi connectivity index (χ3v) is 7.21. The number of benzene rings is 2. The molecule has 184 valence electrons. The summed E-state index contributed by atoms with van der Waals surface area (Å²) >= 11 is 0. The predicted octanol–water partition coefficient (Wildman–Crippen LogP) is 4.38. The van der Waals surface area contributed by atoms with Crippen LogP contribution in [-0.2, 0) is 21.2 Å². The number of fused-ring (bicyclic) bond motifs is 1. The highest BCUT2D eigenvalue weighted by Gasteiger charge is 2.28. The van der Waals surface area contributed by atoms with Gasteiger partial charge < -0.3 is 10.1 Å². The summed E-state index contributed by atoms with van der Waals surface area (Å²) in [5.74, 6) is 0.148. The Morgan fingerprint density at radius 3 is 2.63 bits per heavy atom. The minimum Gasteiger partial charge on any atom is -0.492 e. The molecule has 0 unspecified atom stereocenters. The van der Waals surface area contributed by atoms with E-state index in [0.717, 1.165) is 6.42 Å². The molecule has 1 amide bonds. The lowest BCUT2D eigenvalue weighted by atomic mass is 10.0. The normalized spacial score (nSPS) is 13.7. The van der Waals surface area contributed by atoms with Gasteiger partial charge in [-0.3, -0.25) is 14.3 Å². The van der Waals surface area contributed by atoms with Crippen molar-refractivity contribution in [3.05, 3.63) is 53.7 Å². The number of nitrogens with one attached hydrogen (secondary N) is 2. The van der Waals surface area contributed by atoms with Crippen LogP contribution >= 0.6 is 0 Å². The molecule has 35 heavy (non-hydrogen) atoms. The van der Waals surface area contributed by atoms with Crippen LogP contribution in [0.5, 0.6) is 5.75 Å². The average Bonchev–Trinajstić information content (AvgIpc) is 3.10. The minimum absolute atomic E-state index is 0.0577. The maximum absolute atomic E-state index is 13.4. The molecule has 1 aliphatic heterocycles. The third kappa shape index (κ3) is 4.93. The molecular weight excluding hydrogens is 468 g/mol. The van der Waals surface area contributed by atoms with E-state index in [9.17, 15) is 18.0 Å². The van der Waals surface area contributed by atoms with E-state index in [1.54, 1.807) is 49.4 Å². The van der Waals surface area contributed by atoms with Gasteiger partial charge in [-0.1, -0.05) is 37.6 Å². The van der Waals surface area contributed by atoms with Crippen molar-refractivity contribution in [3.63, 3.8) is 0 Å². The van der Waals surface area contributed by atoms with Crippen LogP contribution in [-0.4, -0.2) is 36.6 Å². The van der Waals surface area contributed by atoms with Gasteiger partial charge in [-0.05, 0) is 49.6 Å². The number of carbonyl (C=O) groups excluding carboxylic acids is 2. The zero-order valence-corrected chi connectivity index (χ0v) is 20.7. The second kappa shape index (κ2) is 9.91. The van der Waals surface area contributed by atoms with Crippen molar-refractivity contribution in [1.29, 1.82) is 0 Å². The number of rotatable bonds is 8. The van der Waals surface area contributed by atoms with E-state index < -0.39 is 10.0 Å². The summed E-state index contributed by atoms with van der Waals surface area (Å²) in [4.78, 5) is 25.0. The quantitative estimate of drug-likeness (QED) is 0.478. The highest BCUT2D eigenvalue weighted by Crippen LogP contribution is 2.36. The molecule has 0 spiro atoms. The van der Waals surface area contributed by atoms with E-state index in [0.29, 0.717) is 46.8 Å². The molecule has 0 atom stereocenters. The zero-order valence-electron chi connectivity index (χ0n) is 19.9. The van der Waals surface area contributed by atoms with Gasteiger partial charge in [0.1, 0.15) is 11.6 Å². The second-order valence-electron chi connectivity index (χ2n) is 8.29. The van der Waals surface area contributed by atoms with E-state index in [1.165, 1.54) is 4.68 Å². The van der Waals surface area contributed by atoms with Gasteiger partial charge >= 0.3 is 0 Å². The molecule has 1 aromatic heterocycles. The highest BCUT2D eigenvalue weighted by molar-refractivity contribution is 7.92. The van der Waals surface area contributed by atoms with E-state index in [4.69, 9.17) is 4.74 Å². The van der Waals surface area contributed by atoms with Gasteiger partial charge in [-0.25, -0.2) is 8.42 Å². The summed E-state index contributed by atoms with van der Waals surface area (Å²) < 4.78 is 36.3. The van der Waals surface area contributed by atoms with Crippen LogP contribution in [0.3, 0.4) is 0 Å². The number of aromatic nitrogens is 2. The Morgan fingerprint density at radius 2 is 1.89 bits per heavy atom. The van der Waals surface area contributed by atoms with Gasteiger partial charge in [0.15, 0.2) is 0 Å². The maximum atomic E-state index is 13.4. The minimum atomic E-state index is -3.99. The van der Waals surface area contributed by atoms with Crippen LogP contribution in [0.1, 0.15) is 49.2 Å². The summed E-state index contributed by atoms with van der Waals surface area (Å²) in [7, 11) is -3.99. The van der Waals surface area contributed by atoms with Crippen molar-refractivity contribution < 1.29 is 22.7 Å². The van der Waals surface area contributed by atoms with Crippen molar-refractivity contribution in [2.24, 2.45) is 0 Å². The van der Waals surface area contributed by atoms with Gasteiger partial charge in [0.25, 0.3) is 10.0 Å². The molecule has 10 heteroatoms. The average molecular weight is 497 g/mol. The lowest BCUT2D eigenvalue weighted by Crippen LogP contribution is -2.15. The van der Waals surface area contributed by atoms with Gasteiger partial charge in [-0.15, -0.1) is 0 Å². The topological polar surface area (TPSA) is 119 Å². The first-order valence-corrected chi connectivity index (χ1v) is 13.0. The number of nitrogens with zero attached hydrogens (tertiary/aromatic N) is 2. The van der Waals surface area contributed by atoms with E-state index in [2.05, 4.69) is 15.1 Å². The molecule has 0 radical (unpaired) electrons. The Hall–Kier alpha value is -3.66. The van der Waals surface area contributed by atoms with Crippen molar-refractivity contribution >= 4 is 33.3 Å². The molecule has 0 saturated heterocycles. The number of anilines is 2. The van der Waals surface area contributed by atoms with Gasteiger partial charge in [-0.2, -0.15) is 9.78 Å². The van der Waals surface area contributed by atoms with Crippen LogP contribution < -0.4 is 14.8 Å². The lowest BCUT2D eigenvalue weighted by molar-refractivity contribution is -0.116. The monoisotopic (exact) mass is 496 g/mol. The zero-order chi connectivity index (χ0) is 25.2. The van der Waals surface area contributed by atoms with Gasteiger partial charge in [0, 0.05) is 18.4 Å². The van der Waals surface area contributed by atoms with Gasteiger partial charge in [0.2, 0.25) is 11.8 Å². The number of aryl methyl sites for hydroxylation is 2. The molecule has 2 aromatic carbocycles. The van der Waals surface area contributed by atoms with Crippen molar-refractivity contribution in [1.82, 2.24) is 9.78 Å². The second-order valence-corrected chi connectivity index (χ2v) is 9.94. The fourth-order valence-electron chi connectivity index (χ4n) is 4.07. The lowest BCUT2D eigenvalue weighted by Gasteiger charge is -2.15. The summed E-state index contributed by atoms with van der Waals surface area (Å²) in [6.07, 6.45) is 1.45. The number of hydrogen-bond donors (Lipinski definition) is 2. The van der Waals surface area contributed by atoms with Crippen LogP contribution in [0.25, 0.3) is 11.1 Å². The van der Waals surface area contributed by atoms with Crippen molar-refractivity contribution in [2.75, 3.05) is 16.6 Å². The van der Waals surface area contributed by atoms with Crippen LogP contribution in [0, 0.1) is 6.92 Å². The Morgan fingerprint density at radius 1 is 1.11 bits per heavy atom. The largest absolute Gasteiger partial charge is 0.492 e. The van der Waals surface area contributed by atoms with Crippen molar-refractivity contribution in [2.45, 2.75) is 51.3 Å². The molecule has 0 fully saturated rings. The molecule has 9 nitrogen and oxygen atoms in total. The first-order valence-electron chi connectivity index (χ1n) is 11.6. The summed E-state index contributed by atoms with van der Waals surface area (Å²) in [5.41, 5.74) is 2.61. The van der Waals surface area contributed by atoms with E-state index >= 15 is 0 Å².